The molecule has 0 saturated heterocycles. The minimum absolute atomic E-state index is 0.0801. The summed E-state index contributed by atoms with van der Waals surface area (Å²) >= 11 is 1.67. The molecule has 0 saturated carbocycles. The fraction of sp³-hybridized carbons (Fsp3) is 0.357. The molecule has 194 valence electrons. The number of hydrogen-bond acceptors (Lipinski definition) is 6. The second-order valence-electron chi connectivity index (χ2n) is 10.0. The van der Waals surface area contributed by atoms with E-state index >= 15 is 0 Å². The maximum atomic E-state index is 13.8. The molecule has 0 bridgehead atoms. The minimum atomic E-state index is -0.605. The van der Waals surface area contributed by atoms with E-state index in [4.69, 9.17) is 14.2 Å². The summed E-state index contributed by atoms with van der Waals surface area (Å²) in [5, 5.41) is 2.02. The van der Waals surface area contributed by atoms with Gasteiger partial charge in [0.2, 0.25) is 12.7 Å². The summed E-state index contributed by atoms with van der Waals surface area (Å²) in [7, 11) is 0. The summed E-state index contributed by atoms with van der Waals surface area (Å²) < 4.78 is 30.1. The van der Waals surface area contributed by atoms with Crippen molar-refractivity contribution in [2.75, 3.05) is 26.5 Å². The zero-order valence-electron chi connectivity index (χ0n) is 21.0. The molecule has 2 aliphatic rings. The zero-order valence-corrected chi connectivity index (χ0v) is 21.8. The van der Waals surface area contributed by atoms with E-state index in [0.29, 0.717) is 29.4 Å². The third-order valence-electron chi connectivity index (χ3n) is 6.60. The van der Waals surface area contributed by atoms with Crippen molar-refractivity contribution in [3.05, 3.63) is 75.7 Å². The van der Waals surface area contributed by atoms with E-state index in [1.165, 1.54) is 17.0 Å². The maximum absolute atomic E-state index is 13.8. The molecule has 5 rings (SSSR count). The smallest absolute Gasteiger partial charge is 0.254 e. The van der Waals surface area contributed by atoms with Crippen LogP contribution in [0.2, 0.25) is 0 Å². The molecular formula is C28H29FN2O5S. The van der Waals surface area contributed by atoms with Gasteiger partial charge in [-0.3, -0.25) is 9.59 Å². The van der Waals surface area contributed by atoms with Crippen LogP contribution in [0.5, 0.6) is 17.2 Å². The number of amides is 2. The van der Waals surface area contributed by atoms with E-state index in [1.807, 2.05) is 32.2 Å². The molecule has 0 aliphatic carbocycles. The molecule has 37 heavy (non-hydrogen) atoms. The van der Waals surface area contributed by atoms with Gasteiger partial charge < -0.3 is 24.0 Å². The van der Waals surface area contributed by atoms with E-state index < -0.39 is 5.54 Å². The molecule has 1 atom stereocenters. The highest BCUT2D eigenvalue weighted by atomic mass is 32.1. The van der Waals surface area contributed by atoms with Gasteiger partial charge in [0.05, 0.1) is 6.04 Å². The van der Waals surface area contributed by atoms with Gasteiger partial charge in [-0.05, 0) is 86.7 Å². The number of halogens is 1. The van der Waals surface area contributed by atoms with Crippen molar-refractivity contribution in [2.24, 2.45) is 0 Å². The molecule has 3 heterocycles. The van der Waals surface area contributed by atoms with Crippen LogP contribution in [0.4, 0.5) is 4.39 Å². The highest BCUT2D eigenvalue weighted by Crippen LogP contribution is 2.35. The van der Waals surface area contributed by atoms with Crippen LogP contribution in [0.25, 0.3) is 0 Å². The van der Waals surface area contributed by atoms with Gasteiger partial charge in [-0.15, -0.1) is 11.3 Å². The molecule has 0 radical (unpaired) electrons. The van der Waals surface area contributed by atoms with Gasteiger partial charge in [0, 0.05) is 22.5 Å². The molecule has 2 amide bonds. The van der Waals surface area contributed by atoms with Crippen LogP contribution in [0.3, 0.4) is 0 Å². The average molecular weight is 525 g/mol. The summed E-state index contributed by atoms with van der Waals surface area (Å²) in [5.74, 6) is 0.894. The fourth-order valence-corrected chi connectivity index (χ4v) is 5.53. The first-order chi connectivity index (χ1) is 17.7. The van der Waals surface area contributed by atoms with Gasteiger partial charge >= 0.3 is 0 Å². The average Bonchev–Trinajstić information content (AvgIpc) is 3.54. The van der Waals surface area contributed by atoms with Crippen molar-refractivity contribution in [1.82, 2.24) is 9.80 Å². The van der Waals surface area contributed by atoms with Crippen LogP contribution in [0, 0.1) is 5.82 Å². The van der Waals surface area contributed by atoms with Crippen LogP contribution < -0.4 is 14.2 Å². The Morgan fingerprint density at radius 3 is 2.62 bits per heavy atom. The molecule has 0 N–H and O–H groups in total. The Morgan fingerprint density at radius 1 is 1.11 bits per heavy atom. The molecule has 3 aromatic rings. The largest absolute Gasteiger partial charge is 0.491 e. The molecule has 9 heteroatoms. The summed E-state index contributed by atoms with van der Waals surface area (Å²) in [5.41, 5.74) is 0.880. The molecule has 2 aliphatic heterocycles. The van der Waals surface area contributed by atoms with Crippen LogP contribution in [-0.2, 0) is 11.2 Å². The number of carbonyl (C=O) groups excluding carboxylic acids is 2. The molecule has 0 fully saturated rings. The van der Waals surface area contributed by atoms with Gasteiger partial charge in [0.25, 0.3) is 5.91 Å². The summed E-state index contributed by atoms with van der Waals surface area (Å²) in [4.78, 5) is 32.0. The summed E-state index contributed by atoms with van der Waals surface area (Å²) in [6, 6.07) is 12.6. The van der Waals surface area contributed by atoms with E-state index in [1.54, 1.807) is 51.5 Å². The van der Waals surface area contributed by atoms with Crippen molar-refractivity contribution in [3.8, 4) is 17.2 Å². The van der Waals surface area contributed by atoms with Crippen molar-refractivity contribution in [2.45, 2.75) is 38.8 Å². The van der Waals surface area contributed by atoms with Gasteiger partial charge in [0.15, 0.2) is 11.5 Å². The lowest BCUT2D eigenvalue weighted by molar-refractivity contribution is -0.136. The predicted octanol–water partition coefficient (Wildman–Crippen LogP) is 5.06. The van der Waals surface area contributed by atoms with Gasteiger partial charge in [0.1, 0.15) is 24.7 Å². The van der Waals surface area contributed by atoms with E-state index in [9.17, 15) is 14.0 Å². The number of hydrogen-bond donors (Lipinski definition) is 0. The normalized spacial score (nSPS) is 16.3. The Labute approximate surface area is 219 Å². The first kappa shape index (κ1) is 25.1. The number of rotatable bonds is 6. The van der Waals surface area contributed by atoms with E-state index in [0.717, 1.165) is 12.0 Å². The Bertz CT molecular complexity index is 1300. The lowest BCUT2D eigenvalue weighted by Gasteiger charge is -2.40. The second-order valence-corrected chi connectivity index (χ2v) is 11.0. The van der Waals surface area contributed by atoms with Crippen molar-refractivity contribution in [1.29, 1.82) is 0 Å². The predicted molar refractivity (Wildman–Crippen MR) is 138 cm³/mol. The molecule has 7 nitrogen and oxygen atoms in total. The Kier molecular flexibility index (Phi) is 6.81. The van der Waals surface area contributed by atoms with Gasteiger partial charge in [-0.1, -0.05) is 0 Å². The SMILES string of the molecule is CC(C)(C)N(CC(=O)N1CCc2sccc2C1COc1ccc(F)cc1)C(=O)c1ccc2c(c1)OCO2. The third-order valence-corrected chi connectivity index (χ3v) is 7.60. The Morgan fingerprint density at radius 2 is 1.86 bits per heavy atom. The second kappa shape index (κ2) is 10.0. The van der Waals surface area contributed by atoms with Crippen molar-refractivity contribution < 1.29 is 28.2 Å². The quantitative estimate of drug-likeness (QED) is 0.451. The van der Waals surface area contributed by atoms with E-state index in [-0.39, 0.29) is 43.6 Å². The number of thiophene rings is 1. The number of benzene rings is 2. The molecule has 2 aromatic carbocycles. The topological polar surface area (TPSA) is 68.3 Å². The van der Waals surface area contributed by atoms with Crippen molar-refractivity contribution >= 4 is 23.2 Å². The minimum Gasteiger partial charge on any atom is -0.491 e. The maximum Gasteiger partial charge on any atom is 0.254 e. The van der Waals surface area contributed by atoms with E-state index in [2.05, 4.69) is 0 Å². The fourth-order valence-electron chi connectivity index (χ4n) is 4.61. The highest BCUT2D eigenvalue weighted by Gasteiger charge is 2.36. The number of ether oxygens (including phenoxy) is 3. The zero-order chi connectivity index (χ0) is 26.2. The molecule has 0 spiro atoms. The first-order valence-electron chi connectivity index (χ1n) is 12.2. The standard InChI is InChI=1S/C28H29FN2O5S/c1-28(2,3)31(27(33)18-4-9-23-24(14-18)36-17-35-23)15-26(32)30-12-10-25-21(11-13-37-25)22(30)16-34-20-7-5-19(29)6-8-20/h4-9,11,13-14,22H,10,12,15-17H2,1-3H3. The number of nitrogens with zero attached hydrogens (tertiary/aromatic N) is 2. The lowest BCUT2D eigenvalue weighted by atomic mass is 9.99. The third kappa shape index (κ3) is 5.27. The van der Waals surface area contributed by atoms with Crippen molar-refractivity contribution in [3.63, 3.8) is 0 Å². The van der Waals surface area contributed by atoms with Crippen LogP contribution in [-0.4, -0.2) is 53.6 Å². The van der Waals surface area contributed by atoms with Crippen LogP contribution >= 0.6 is 11.3 Å². The molecule has 1 aromatic heterocycles. The van der Waals surface area contributed by atoms with Gasteiger partial charge in [-0.25, -0.2) is 4.39 Å². The van der Waals surface area contributed by atoms with Crippen LogP contribution in [0.15, 0.2) is 53.9 Å². The molecule has 1 unspecified atom stereocenters. The number of fused-ring (bicyclic) bond motifs is 2. The lowest BCUT2D eigenvalue weighted by Crippen LogP contribution is -2.53. The number of carbonyl (C=O) groups is 2. The summed E-state index contributed by atoms with van der Waals surface area (Å²) in [6.45, 7) is 6.53. The first-order valence-corrected chi connectivity index (χ1v) is 13.0. The van der Waals surface area contributed by atoms with Gasteiger partial charge in [-0.2, -0.15) is 0 Å². The highest BCUT2D eigenvalue weighted by molar-refractivity contribution is 7.10. The Hall–Kier alpha value is -3.59. The monoisotopic (exact) mass is 524 g/mol. The van der Waals surface area contributed by atoms with Crippen LogP contribution in [0.1, 0.15) is 47.6 Å². The summed E-state index contributed by atoms with van der Waals surface area (Å²) in [6.07, 6.45) is 0.747. The molecular weight excluding hydrogens is 495 g/mol. The Balaban J connectivity index is 1.36.